The van der Waals surface area contributed by atoms with E-state index in [4.69, 9.17) is 4.74 Å². The first-order chi connectivity index (χ1) is 14.2. The lowest BCUT2D eigenvalue weighted by Crippen LogP contribution is -2.32. The van der Waals surface area contributed by atoms with Gasteiger partial charge in [-0.05, 0) is 44.0 Å². The van der Waals surface area contributed by atoms with E-state index in [0.29, 0.717) is 23.6 Å². The molecular weight excluding hydrogens is 385 g/mol. The van der Waals surface area contributed by atoms with Crippen molar-refractivity contribution in [2.45, 2.75) is 45.4 Å². The Morgan fingerprint density at radius 3 is 2.67 bits per heavy atom. The Kier molecular flexibility index (Phi) is 4.01. The Hall–Kier alpha value is -2.90. The summed E-state index contributed by atoms with van der Waals surface area (Å²) in [5.41, 5.74) is 1.70. The minimum atomic E-state index is -0.992. The van der Waals surface area contributed by atoms with Gasteiger partial charge in [0.1, 0.15) is 34.6 Å². The maximum Gasteiger partial charge on any atom is 0.290 e. The van der Waals surface area contributed by atoms with Crippen LogP contribution in [0.5, 0.6) is 5.75 Å². The Balaban J connectivity index is 1.57. The van der Waals surface area contributed by atoms with E-state index in [2.05, 4.69) is 22.2 Å². The lowest BCUT2D eigenvalue weighted by molar-refractivity contribution is 0.200. The van der Waals surface area contributed by atoms with E-state index in [9.17, 15) is 9.18 Å². The van der Waals surface area contributed by atoms with Crippen LogP contribution in [0.2, 0.25) is 0 Å². The molecule has 0 amide bonds. The van der Waals surface area contributed by atoms with Crippen LogP contribution in [0.4, 0.5) is 10.1 Å². The SMILES string of the molecule is Cn1nc(-c2n[nH]c3ccc(OC4(C)CC4)cc23)cc(N2CC(F)C(C)(C)C2)c1=O. The average Bonchev–Trinajstić information content (AvgIpc) is 3.14. The van der Waals surface area contributed by atoms with Gasteiger partial charge in [-0.25, -0.2) is 9.07 Å². The highest BCUT2D eigenvalue weighted by atomic mass is 19.1. The summed E-state index contributed by atoms with van der Waals surface area (Å²) in [6.45, 7) is 6.54. The van der Waals surface area contributed by atoms with Crippen molar-refractivity contribution in [2.75, 3.05) is 18.0 Å². The van der Waals surface area contributed by atoms with Crippen molar-refractivity contribution in [1.29, 1.82) is 0 Å². The Labute approximate surface area is 173 Å². The first-order valence-electron chi connectivity index (χ1n) is 10.3. The van der Waals surface area contributed by atoms with Crippen LogP contribution in [0.15, 0.2) is 29.1 Å². The number of nitrogens with one attached hydrogen (secondary N) is 1. The third-order valence-corrected chi connectivity index (χ3v) is 6.31. The molecule has 1 unspecified atom stereocenters. The average molecular weight is 411 g/mol. The number of ether oxygens (including phenoxy) is 1. The van der Waals surface area contributed by atoms with E-state index in [1.165, 1.54) is 4.68 Å². The first kappa shape index (κ1) is 19.1. The highest BCUT2D eigenvalue weighted by Gasteiger charge is 2.41. The third kappa shape index (κ3) is 3.14. The van der Waals surface area contributed by atoms with Gasteiger partial charge < -0.3 is 9.64 Å². The van der Waals surface area contributed by atoms with Gasteiger partial charge in [-0.1, -0.05) is 13.8 Å². The number of rotatable bonds is 4. The van der Waals surface area contributed by atoms with E-state index in [0.717, 1.165) is 29.5 Å². The van der Waals surface area contributed by atoms with Gasteiger partial charge in [0.05, 0.1) is 5.52 Å². The molecule has 3 heterocycles. The molecule has 5 rings (SSSR count). The fraction of sp³-hybridized carbons (Fsp3) is 0.500. The Morgan fingerprint density at radius 2 is 2.00 bits per heavy atom. The summed E-state index contributed by atoms with van der Waals surface area (Å²) in [6, 6.07) is 7.55. The summed E-state index contributed by atoms with van der Waals surface area (Å²) in [5.74, 6) is 0.789. The molecule has 1 aliphatic heterocycles. The smallest absolute Gasteiger partial charge is 0.290 e. The van der Waals surface area contributed by atoms with Crippen molar-refractivity contribution >= 4 is 16.6 Å². The van der Waals surface area contributed by atoms with Crippen LogP contribution in [0.1, 0.15) is 33.6 Å². The highest BCUT2D eigenvalue weighted by molar-refractivity contribution is 5.93. The van der Waals surface area contributed by atoms with Gasteiger partial charge in [0.2, 0.25) is 0 Å². The number of aromatic nitrogens is 4. The monoisotopic (exact) mass is 411 g/mol. The van der Waals surface area contributed by atoms with Gasteiger partial charge >= 0.3 is 0 Å². The summed E-state index contributed by atoms with van der Waals surface area (Å²) in [7, 11) is 1.61. The van der Waals surface area contributed by atoms with Crippen LogP contribution in [0.25, 0.3) is 22.3 Å². The summed E-state index contributed by atoms with van der Waals surface area (Å²) in [6.07, 6.45) is 1.11. The van der Waals surface area contributed by atoms with Crippen molar-refractivity contribution < 1.29 is 9.13 Å². The molecule has 1 aromatic carbocycles. The minimum Gasteiger partial charge on any atom is -0.488 e. The molecule has 1 N–H and O–H groups in total. The number of hydrogen-bond donors (Lipinski definition) is 1. The number of hydrogen-bond acceptors (Lipinski definition) is 5. The molecule has 1 atom stereocenters. The second kappa shape index (κ2) is 6.30. The molecular formula is C22H26FN5O2. The molecule has 8 heteroatoms. The maximum atomic E-state index is 14.4. The number of aryl methyl sites for hydroxylation is 1. The zero-order valence-electron chi connectivity index (χ0n) is 17.7. The van der Waals surface area contributed by atoms with Gasteiger partial charge in [-0.2, -0.15) is 10.2 Å². The van der Waals surface area contributed by atoms with Gasteiger partial charge in [0.25, 0.3) is 5.56 Å². The predicted octanol–water partition coefficient (Wildman–Crippen LogP) is 3.44. The van der Waals surface area contributed by atoms with Crippen LogP contribution in [0.3, 0.4) is 0 Å². The molecule has 1 aliphatic carbocycles. The van der Waals surface area contributed by atoms with E-state index in [1.54, 1.807) is 13.1 Å². The molecule has 2 fully saturated rings. The molecule has 2 aromatic heterocycles. The van der Waals surface area contributed by atoms with Crippen LogP contribution in [-0.4, -0.2) is 44.8 Å². The number of alkyl halides is 1. The topological polar surface area (TPSA) is 76.0 Å². The van der Waals surface area contributed by atoms with Crippen molar-refractivity contribution in [3.8, 4) is 17.1 Å². The van der Waals surface area contributed by atoms with Crippen LogP contribution in [0, 0.1) is 5.41 Å². The van der Waals surface area contributed by atoms with Crippen LogP contribution in [-0.2, 0) is 7.05 Å². The summed E-state index contributed by atoms with van der Waals surface area (Å²) in [4.78, 5) is 14.6. The molecule has 7 nitrogen and oxygen atoms in total. The van der Waals surface area contributed by atoms with Crippen molar-refractivity contribution in [3.05, 3.63) is 34.6 Å². The first-order valence-corrected chi connectivity index (χ1v) is 10.3. The van der Waals surface area contributed by atoms with Gasteiger partial charge in [0.15, 0.2) is 0 Å². The molecule has 0 bridgehead atoms. The van der Waals surface area contributed by atoms with Crippen LogP contribution < -0.4 is 15.2 Å². The summed E-state index contributed by atoms with van der Waals surface area (Å²) >= 11 is 0. The molecule has 0 spiro atoms. The fourth-order valence-corrected chi connectivity index (χ4v) is 4.03. The van der Waals surface area contributed by atoms with Crippen molar-refractivity contribution in [2.24, 2.45) is 12.5 Å². The quantitative estimate of drug-likeness (QED) is 0.712. The van der Waals surface area contributed by atoms with Gasteiger partial charge in [0, 0.05) is 30.9 Å². The van der Waals surface area contributed by atoms with E-state index >= 15 is 0 Å². The molecule has 2 aliphatic rings. The van der Waals surface area contributed by atoms with Gasteiger partial charge in [-0.15, -0.1) is 0 Å². The molecule has 1 saturated heterocycles. The number of halogens is 1. The number of aromatic amines is 1. The molecule has 158 valence electrons. The second-order valence-electron chi connectivity index (χ2n) is 9.51. The third-order valence-electron chi connectivity index (χ3n) is 6.31. The predicted molar refractivity (Wildman–Crippen MR) is 114 cm³/mol. The maximum absolute atomic E-state index is 14.4. The number of nitrogens with zero attached hydrogens (tertiary/aromatic N) is 4. The van der Waals surface area contributed by atoms with Crippen molar-refractivity contribution in [1.82, 2.24) is 20.0 Å². The lowest BCUT2D eigenvalue weighted by Gasteiger charge is -2.21. The van der Waals surface area contributed by atoms with Crippen LogP contribution >= 0.6 is 0 Å². The van der Waals surface area contributed by atoms with Gasteiger partial charge in [-0.3, -0.25) is 9.89 Å². The molecule has 0 radical (unpaired) electrons. The Bertz CT molecular complexity index is 1190. The van der Waals surface area contributed by atoms with Crippen molar-refractivity contribution in [3.63, 3.8) is 0 Å². The number of fused-ring (bicyclic) bond motifs is 1. The molecule has 30 heavy (non-hydrogen) atoms. The fourth-order valence-electron chi connectivity index (χ4n) is 4.03. The minimum absolute atomic E-state index is 0.0783. The number of H-pyrrole nitrogens is 1. The number of benzene rings is 1. The zero-order chi connectivity index (χ0) is 21.3. The van der Waals surface area contributed by atoms with E-state index in [-0.39, 0.29) is 17.7 Å². The largest absolute Gasteiger partial charge is 0.488 e. The number of anilines is 1. The summed E-state index contributed by atoms with van der Waals surface area (Å²) < 4.78 is 21.8. The second-order valence-corrected chi connectivity index (χ2v) is 9.51. The molecule has 1 saturated carbocycles. The van der Waals surface area contributed by atoms with E-state index < -0.39 is 11.6 Å². The zero-order valence-corrected chi connectivity index (χ0v) is 17.7. The normalized spacial score (nSPS) is 21.9. The highest BCUT2D eigenvalue weighted by Crippen LogP contribution is 2.41. The lowest BCUT2D eigenvalue weighted by atomic mass is 9.91. The standard InChI is InChI=1S/C22H26FN5O2/c1-21(2)12-28(11-18(21)23)17-10-16(26-27(4)20(17)29)19-14-9-13(30-22(3)7-8-22)5-6-15(14)24-25-19/h5-6,9-10,18H,7-8,11-12H2,1-4H3,(H,24,25). The molecule has 3 aromatic rings. The Morgan fingerprint density at radius 1 is 1.23 bits per heavy atom. The summed E-state index contributed by atoms with van der Waals surface area (Å²) in [5, 5.41) is 12.8. The van der Waals surface area contributed by atoms with E-state index in [1.807, 2.05) is 36.9 Å².